The molecule has 0 aliphatic heterocycles. The minimum Gasteiger partial charge on any atom is -0.327 e. The van der Waals surface area contributed by atoms with Gasteiger partial charge in [0.1, 0.15) is 0 Å². The molecule has 1 heterocycles. The third-order valence-electron chi connectivity index (χ3n) is 2.83. The molecule has 0 saturated carbocycles. The van der Waals surface area contributed by atoms with E-state index >= 15 is 0 Å². The lowest BCUT2D eigenvalue weighted by Gasteiger charge is -2.20. The van der Waals surface area contributed by atoms with Gasteiger partial charge in [0.2, 0.25) is 0 Å². The van der Waals surface area contributed by atoms with E-state index in [1.807, 2.05) is 19.1 Å². The summed E-state index contributed by atoms with van der Waals surface area (Å²) in [5.41, 5.74) is 8.59. The van der Waals surface area contributed by atoms with Crippen LogP contribution >= 0.6 is 23.4 Å². The van der Waals surface area contributed by atoms with Crippen molar-refractivity contribution in [1.82, 2.24) is 4.98 Å². The van der Waals surface area contributed by atoms with Gasteiger partial charge in [-0.3, -0.25) is 0 Å². The molecule has 2 aromatic rings. The zero-order chi connectivity index (χ0) is 13.8. The number of hydrogen-bond acceptors (Lipinski definition) is 3. The van der Waals surface area contributed by atoms with E-state index in [0.29, 0.717) is 5.02 Å². The maximum atomic E-state index is 6.11. The highest BCUT2D eigenvalue weighted by atomic mass is 35.5. The third-order valence-corrected chi connectivity index (χ3v) is 4.49. The number of halogens is 1. The first kappa shape index (κ1) is 14.4. The molecule has 1 aromatic carbocycles. The number of rotatable bonds is 4. The molecule has 0 spiro atoms. The van der Waals surface area contributed by atoms with E-state index in [0.717, 1.165) is 5.03 Å². The highest BCUT2D eigenvalue weighted by Gasteiger charge is 2.18. The Morgan fingerprint density at radius 2 is 1.84 bits per heavy atom. The normalized spacial score (nSPS) is 14.1. The van der Waals surface area contributed by atoms with Crippen molar-refractivity contribution < 1.29 is 0 Å². The van der Waals surface area contributed by atoms with Crippen molar-refractivity contribution in [2.24, 2.45) is 5.73 Å². The number of aryl methyl sites for hydroxylation is 1. The van der Waals surface area contributed by atoms with Crippen LogP contribution in [0.3, 0.4) is 0 Å². The molecular weight excluding hydrogens is 276 g/mol. The number of benzene rings is 1. The van der Waals surface area contributed by atoms with Crippen molar-refractivity contribution >= 4 is 23.4 Å². The van der Waals surface area contributed by atoms with Crippen molar-refractivity contribution in [3.05, 3.63) is 58.7 Å². The molecule has 0 aliphatic carbocycles. The molecule has 1 aromatic heterocycles. The number of thioether (sulfide) groups is 1. The van der Waals surface area contributed by atoms with E-state index in [-0.39, 0.29) is 11.3 Å². The SMILES string of the molecule is Cc1ccc(C(Sc2ccc(Cl)cn2)C(C)N)cc1. The number of nitrogens with zero attached hydrogens (tertiary/aromatic N) is 1. The molecule has 19 heavy (non-hydrogen) atoms. The molecular formula is C15H17ClN2S. The quantitative estimate of drug-likeness (QED) is 0.857. The predicted octanol–water partition coefficient (Wildman–Crippen LogP) is 4.22. The molecule has 2 N–H and O–H groups in total. The second-order valence-electron chi connectivity index (χ2n) is 4.62. The Morgan fingerprint density at radius 3 is 2.37 bits per heavy atom. The Labute approximate surface area is 123 Å². The topological polar surface area (TPSA) is 38.9 Å². The summed E-state index contributed by atoms with van der Waals surface area (Å²) in [5.74, 6) is 0. The zero-order valence-electron chi connectivity index (χ0n) is 11.0. The molecule has 0 fully saturated rings. The number of hydrogen-bond donors (Lipinski definition) is 1. The van der Waals surface area contributed by atoms with Gasteiger partial charge in [-0.1, -0.05) is 53.2 Å². The fraction of sp³-hybridized carbons (Fsp3) is 0.267. The molecule has 0 saturated heterocycles. The first-order chi connectivity index (χ1) is 9.06. The molecule has 0 amide bonds. The van der Waals surface area contributed by atoms with Gasteiger partial charge in [-0.15, -0.1) is 0 Å². The van der Waals surface area contributed by atoms with Crippen LogP contribution in [0.25, 0.3) is 0 Å². The minimum atomic E-state index is 0.0465. The number of pyridine rings is 1. The van der Waals surface area contributed by atoms with Crippen LogP contribution < -0.4 is 5.73 Å². The predicted molar refractivity (Wildman–Crippen MR) is 82.7 cm³/mol. The Kier molecular flexibility index (Phi) is 4.86. The number of nitrogens with two attached hydrogens (primary N) is 1. The summed E-state index contributed by atoms with van der Waals surface area (Å²) in [6.07, 6.45) is 1.66. The van der Waals surface area contributed by atoms with Crippen LogP contribution in [0.2, 0.25) is 5.02 Å². The van der Waals surface area contributed by atoms with Crippen LogP contribution in [0.5, 0.6) is 0 Å². The van der Waals surface area contributed by atoms with E-state index in [1.165, 1.54) is 11.1 Å². The van der Waals surface area contributed by atoms with E-state index in [2.05, 4.69) is 36.2 Å². The second-order valence-corrected chi connectivity index (χ2v) is 6.22. The zero-order valence-corrected chi connectivity index (χ0v) is 12.6. The average Bonchev–Trinajstić information content (AvgIpc) is 2.39. The highest BCUT2D eigenvalue weighted by Crippen LogP contribution is 2.36. The summed E-state index contributed by atoms with van der Waals surface area (Å²) >= 11 is 7.52. The van der Waals surface area contributed by atoms with Crippen LogP contribution in [-0.4, -0.2) is 11.0 Å². The molecule has 2 nitrogen and oxygen atoms in total. The van der Waals surface area contributed by atoms with Gasteiger partial charge in [0.15, 0.2) is 0 Å². The molecule has 2 rings (SSSR count). The standard InChI is InChI=1S/C15H17ClN2S/c1-10-3-5-12(6-4-10)15(11(2)17)19-14-8-7-13(16)9-18-14/h3-9,11,15H,17H2,1-2H3. The van der Waals surface area contributed by atoms with Crippen molar-refractivity contribution in [2.75, 3.05) is 0 Å². The van der Waals surface area contributed by atoms with Gasteiger partial charge in [-0.05, 0) is 31.5 Å². The van der Waals surface area contributed by atoms with Crippen LogP contribution in [0.4, 0.5) is 0 Å². The van der Waals surface area contributed by atoms with Gasteiger partial charge in [0, 0.05) is 12.2 Å². The summed E-state index contributed by atoms with van der Waals surface area (Å²) in [5, 5.41) is 1.78. The van der Waals surface area contributed by atoms with Crippen LogP contribution in [0.15, 0.2) is 47.6 Å². The Balaban J connectivity index is 2.21. The van der Waals surface area contributed by atoms with Crippen LogP contribution in [0.1, 0.15) is 23.3 Å². The lowest BCUT2D eigenvalue weighted by atomic mass is 10.1. The highest BCUT2D eigenvalue weighted by molar-refractivity contribution is 7.99. The third kappa shape index (κ3) is 3.96. The summed E-state index contributed by atoms with van der Waals surface area (Å²) in [6.45, 7) is 4.10. The first-order valence-corrected chi connectivity index (χ1v) is 7.42. The smallest absolute Gasteiger partial charge is 0.0967 e. The largest absolute Gasteiger partial charge is 0.327 e. The molecule has 2 atom stereocenters. The van der Waals surface area contributed by atoms with Crippen LogP contribution in [0, 0.1) is 6.92 Å². The van der Waals surface area contributed by atoms with E-state index in [1.54, 1.807) is 18.0 Å². The summed E-state index contributed by atoms with van der Waals surface area (Å²) in [6, 6.07) is 12.3. The Hall–Kier alpha value is -1.03. The Morgan fingerprint density at radius 1 is 1.16 bits per heavy atom. The maximum absolute atomic E-state index is 6.11. The van der Waals surface area contributed by atoms with Gasteiger partial charge in [-0.25, -0.2) is 4.98 Å². The van der Waals surface area contributed by atoms with Gasteiger partial charge in [-0.2, -0.15) is 0 Å². The molecule has 100 valence electrons. The fourth-order valence-electron chi connectivity index (χ4n) is 1.80. The molecule has 2 unspecified atom stereocenters. The lowest BCUT2D eigenvalue weighted by Crippen LogP contribution is -2.22. The van der Waals surface area contributed by atoms with Gasteiger partial charge in [0.05, 0.1) is 15.3 Å². The molecule has 0 bridgehead atoms. The van der Waals surface area contributed by atoms with Gasteiger partial charge in [0.25, 0.3) is 0 Å². The van der Waals surface area contributed by atoms with Crippen molar-refractivity contribution in [2.45, 2.75) is 30.2 Å². The molecule has 0 aliphatic rings. The minimum absolute atomic E-state index is 0.0465. The summed E-state index contributed by atoms with van der Waals surface area (Å²) in [4.78, 5) is 4.32. The molecule has 4 heteroatoms. The average molecular weight is 293 g/mol. The first-order valence-electron chi connectivity index (χ1n) is 6.16. The summed E-state index contributed by atoms with van der Waals surface area (Å²) < 4.78 is 0. The van der Waals surface area contributed by atoms with Crippen molar-refractivity contribution in [3.8, 4) is 0 Å². The van der Waals surface area contributed by atoms with E-state index in [9.17, 15) is 0 Å². The monoisotopic (exact) mass is 292 g/mol. The second kappa shape index (κ2) is 6.42. The van der Waals surface area contributed by atoms with Crippen molar-refractivity contribution in [1.29, 1.82) is 0 Å². The van der Waals surface area contributed by atoms with E-state index < -0.39 is 0 Å². The number of aromatic nitrogens is 1. The summed E-state index contributed by atoms with van der Waals surface area (Å²) in [7, 11) is 0. The van der Waals surface area contributed by atoms with Gasteiger partial charge < -0.3 is 5.73 Å². The maximum Gasteiger partial charge on any atom is 0.0967 e. The fourth-order valence-corrected chi connectivity index (χ4v) is 2.94. The Bertz CT molecular complexity index is 523. The lowest BCUT2D eigenvalue weighted by molar-refractivity contribution is 0.720. The van der Waals surface area contributed by atoms with Crippen LogP contribution in [-0.2, 0) is 0 Å². The molecule has 0 radical (unpaired) electrons. The van der Waals surface area contributed by atoms with Crippen molar-refractivity contribution in [3.63, 3.8) is 0 Å². The van der Waals surface area contributed by atoms with E-state index in [4.69, 9.17) is 17.3 Å². The van der Waals surface area contributed by atoms with Gasteiger partial charge >= 0.3 is 0 Å².